The summed E-state index contributed by atoms with van der Waals surface area (Å²) >= 11 is 0. The standard InChI is InChI=1S/C24H31N3O3/c1-6-14-30-21-12-10-20(11-13-21)16-27(5)19(4)24(29)25-15-22(28)26-23-17(2)8-7-9-18(23)3/h6-13,19H,1,14-16H2,2-5H3,(H,25,29)(H,26,28)/p+1/t19-/m0/s1. The largest absolute Gasteiger partial charge is 0.490 e. The molecule has 2 atom stereocenters. The SMILES string of the molecule is C=CCOc1ccc(C[NH+](C)[C@@H](C)C(=O)NCC(=O)Nc2c(C)cccc2C)cc1. The van der Waals surface area contributed by atoms with E-state index in [1.165, 1.54) is 0 Å². The molecular weight excluding hydrogens is 378 g/mol. The molecule has 160 valence electrons. The van der Waals surface area contributed by atoms with Gasteiger partial charge in [0.2, 0.25) is 5.91 Å². The summed E-state index contributed by atoms with van der Waals surface area (Å²) in [5.41, 5.74) is 3.89. The van der Waals surface area contributed by atoms with Gasteiger partial charge in [0.25, 0.3) is 5.91 Å². The summed E-state index contributed by atoms with van der Waals surface area (Å²) in [6.07, 6.45) is 1.70. The highest BCUT2D eigenvalue weighted by Crippen LogP contribution is 2.19. The van der Waals surface area contributed by atoms with Crippen molar-refractivity contribution in [3.8, 4) is 5.75 Å². The number of rotatable bonds is 10. The Hall–Kier alpha value is -3.12. The minimum absolute atomic E-state index is 0.0560. The first-order valence-electron chi connectivity index (χ1n) is 10.1. The molecule has 0 aromatic heterocycles. The number of quaternary nitrogens is 1. The van der Waals surface area contributed by atoms with Gasteiger partial charge in [-0.1, -0.05) is 30.9 Å². The summed E-state index contributed by atoms with van der Waals surface area (Å²) < 4.78 is 5.49. The summed E-state index contributed by atoms with van der Waals surface area (Å²) in [5, 5.41) is 5.62. The van der Waals surface area contributed by atoms with E-state index in [4.69, 9.17) is 4.74 Å². The van der Waals surface area contributed by atoms with Gasteiger partial charge >= 0.3 is 0 Å². The van der Waals surface area contributed by atoms with E-state index in [1.54, 1.807) is 6.08 Å². The zero-order valence-corrected chi connectivity index (χ0v) is 18.2. The Morgan fingerprint density at radius 2 is 1.77 bits per heavy atom. The molecule has 30 heavy (non-hydrogen) atoms. The molecule has 0 spiro atoms. The second kappa shape index (κ2) is 11.2. The summed E-state index contributed by atoms with van der Waals surface area (Å²) in [6.45, 7) is 10.5. The fraction of sp³-hybridized carbons (Fsp3) is 0.333. The fourth-order valence-electron chi connectivity index (χ4n) is 3.07. The minimum Gasteiger partial charge on any atom is -0.490 e. The number of carbonyl (C=O) groups is 2. The molecular formula is C24H32N3O3+. The van der Waals surface area contributed by atoms with Crippen molar-refractivity contribution in [3.05, 3.63) is 71.8 Å². The molecule has 6 nitrogen and oxygen atoms in total. The van der Waals surface area contributed by atoms with Crippen LogP contribution < -0.4 is 20.3 Å². The van der Waals surface area contributed by atoms with Gasteiger partial charge in [-0.05, 0) is 56.2 Å². The first kappa shape index (κ1) is 23.2. The molecule has 0 fully saturated rings. The summed E-state index contributed by atoms with van der Waals surface area (Å²) in [7, 11) is 1.96. The van der Waals surface area contributed by atoms with Crippen molar-refractivity contribution in [1.82, 2.24) is 5.32 Å². The highest BCUT2D eigenvalue weighted by molar-refractivity contribution is 5.96. The molecule has 0 radical (unpaired) electrons. The molecule has 2 aromatic carbocycles. The number of anilines is 1. The zero-order valence-electron chi connectivity index (χ0n) is 18.2. The third-order valence-corrected chi connectivity index (χ3v) is 5.08. The number of amides is 2. The lowest BCUT2D eigenvalue weighted by Gasteiger charge is -2.21. The van der Waals surface area contributed by atoms with Gasteiger partial charge in [0.1, 0.15) is 18.9 Å². The molecule has 2 amide bonds. The van der Waals surface area contributed by atoms with Gasteiger partial charge in [0.05, 0.1) is 13.6 Å². The van der Waals surface area contributed by atoms with E-state index in [1.807, 2.05) is 70.3 Å². The Kier molecular flexibility index (Phi) is 8.62. The average Bonchev–Trinajstić information content (AvgIpc) is 2.73. The van der Waals surface area contributed by atoms with Gasteiger partial charge in [-0.3, -0.25) is 9.59 Å². The Labute approximate surface area is 178 Å². The van der Waals surface area contributed by atoms with Crippen LogP contribution in [0.5, 0.6) is 5.75 Å². The van der Waals surface area contributed by atoms with Crippen molar-refractivity contribution in [2.24, 2.45) is 0 Å². The van der Waals surface area contributed by atoms with Gasteiger partial charge in [-0.25, -0.2) is 0 Å². The Bertz CT molecular complexity index is 858. The molecule has 0 aliphatic rings. The molecule has 2 rings (SSSR count). The van der Waals surface area contributed by atoms with E-state index in [0.29, 0.717) is 13.2 Å². The van der Waals surface area contributed by atoms with E-state index >= 15 is 0 Å². The number of carbonyl (C=O) groups excluding carboxylic acids is 2. The fourth-order valence-corrected chi connectivity index (χ4v) is 3.07. The van der Waals surface area contributed by atoms with Gasteiger partial charge < -0.3 is 20.3 Å². The third kappa shape index (κ3) is 6.74. The van der Waals surface area contributed by atoms with Crippen LogP contribution in [0.2, 0.25) is 0 Å². The highest BCUT2D eigenvalue weighted by atomic mass is 16.5. The number of aryl methyl sites for hydroxylation is 2. The lowest BCUT2D eigenvalue weighted by molar-refractivity contribution is -0.908. The maximum absolute atomic E-state index is 12.5. The lowest BCUT2D eigenvalue weighted by atomic mass is 10.1. The molecule has 0 aliphatic heterocycles. The van der Waals surface area contributed by atoms with E-state index < -0.39 is 0 Å². The zero-order chi connectivity index (χ0) is 22.1. The normalized spacial score (nSPS) is 12.5. The Morgan fingerprint density at radius 3 is 2.37 bits per heavy atom. The maximum atomic E-state index is 12.5. The van der Waals surface area contributed by atoms with Crippen molar-refractivity contribution in [2.45, 2.75) is 33.4 Å². The summed E-state index contributed by atoms with van der Waals surface area (Å²) in [4.78, 5) is 25.8. The highest BCUT2D eigenvalue weighted by Gasteiger charge is 2.22. The van der Waals surface area contributed by atoms with Gasteiger partial charge in [0, 0.05) is 11.3 Å². The lowest BCUT2D eigenvalue weighted by Crippen LogP contribution is -3.12. The number of hydrogen-bond acceptors (Lipinski definition) is 3. The van der Waals surface area contributed by atoms with Gasteiger partial charge in [-0.2, -0.15) is 0 Å². The number of hydrogen-bond donors (Lipinski definition) is 3. The Morgan fingerprint density at radius 1 is 1.13 bits per heavy atom. The average molecular weight is 411 g/mol. The van der Waals surface area contributed by atoms with Crippen molar-refractivity contribution in [2.75, 3.05) is 25.5 Å². The van der Waals surface area contributed by atoms with E-state index in [9.17, 15) is 9.59 Å². The van der Waals surface area contributed by atoms with Crippen LogP contribution in [0.15, 0.2) is 55.1 Å². The first-order chi connectivity index (χ1) is 14.3. The van der Waals surface area contributed by atoms with Crippen molar-refractivity contribution >= 4 is 17.5 Å². The monoisotopic (exact) mass is 410 g/mol. The predicted molar refractivity (Wildman–Crippen MR) is 120 cm³/mol. The molecule has 0 bridgehead atoms. The molecule has 0 aliphatic carbocycles. The van der Waals surface area contributed by atoms with Crippen LogP contribution in [0.3, 0.4) is 0 Å². The topological polar surface area (TPSA) is 71.9 Å². The second-order valence-electron chi connectivity index (χ2n) is 7.52. The van der Waals surface area contributed by atoms with Crippen molar-refractivity contribution < 1.29 is 19.2 Å². The molecule has 1 unspecified atom stereocenters. The van der Waals surface area contributed by atoms with Crippen LogP contribution in [0.25, 0.3) is 0 Å². The van der Waals surface area contributed by atoms with Crippen LogP contribution in [0.4, 0.5) is 5.69 Å². The van der Waals surface area contributed by atoms with Crippen LogP contribution in [0, 0.1) is 13.8 Å². The number of likely N-dealkylation sites (N-methyl/N-ethyl adjacent to an activating group) is 1. The predicted octanol–water partition coefficient (Wildman–Crippen LogP) is 2.03. The number of nitrogens with one attached hydrogen (secondary N) is 3. The van der Waals surface area contributed by atoms with Crippen LogP contribution in [-0.4, -0.2) is 38.1 Å². The van der Waals surface area contributed by atoms with Crippen molar-refractivity contribution in [3.63, 3.8) is 0 Å². The van der Waals surface area contributed by atoms with E-state index in [0.717, 1.165) is 33.0 Å². The van der Waals surface area contributed by atoms with Crippen LogP contribution in [-0.2, 0) is 16.1 Å². The third-order valence-electron chi connectivity index (χ3n) is 5.08. The number of para-hydroxylation sites is 1. The first-order valence-corrected chi connectivity index (χ1v) is 10.1. The maximum Gasteiger partial charge on any atom is 0.278 e. The molecule has 0 saturated heterocycles. The van der Waals surface area contributed by atoms with Gasteiger partial charge in [-0.15, -0.1) is 0 Å². The molecule has 0 saturated carbocycles. The smallest absolute Gasteiger partial charge is 0.278 e. The van der Waals surface area contributed by atoms with E-state index in [2.05, 4.69) is 17.2 Å². The minimum atomic E-state index is -0.297. The summed E-state index contributed by atoms with van der Waals surface area (Å²) in [6, 6.07) is 13.3. The molecule has 3 N–H and O–H groups in total. The van der Waals surface area contributed by atoms with Crippen molar-refractivity contribution in [1.29, 1.82) is 0 Å². The molecule has 0 heterocycles. The number of benzene rings is 2. The van der Waals surface area contributed by atoms with Crippen LogP contribution in [0.1, 0.15) is 23.6 Å². The number of ether oxygens (including phenoxy) is 1. The molecule has 2 aromatic rings. The quantitative estimate of drug-likeness (QED) is 0.525. The summed E-state index contributed by atoms with van der Waals surface area (Å²) in [5.74, 6) is 0.396. The van der Waals surface area contributed by atoms with E-state index in [-0.39, 0.29) is 24.4 Å². The van der Waals surface area contributed by atoms with Crippen LogP contribution >= 0.6 is 0 Å². The molecule has 6 heteroatoms. The second-order valence-corrected chi connectivity index (χ2v) is 7.52. The Balaban J connectivity index is 1.83. The van der Waals surface area contributed by atoms with Gasteiger partial charge in [0.15, 0.2) is 6.04 Å².